The van der Waals surface area contributed by atoms with E-state index in [9.17, 15) is 14.9 Å². The number of halogens is 2. The van der Waals surface area contributed by atoms with Gasteiger partial charge in [-0.3, -0.25) is 14.9 Å². The first-order valence-corrected chi connectivity index (χ1v) is 8.64. The standard InChI is InChI=1S/C15H9BrClN3O3S/c1-19-13-10(16)3-2-4-12(13)24-15(19)18-14(21)9-7-8(17)5-6-11(9)20(22)23/h2-7H,1H3. The maximum Gasteiger partial charge on any atom is 0.286 e. The molecule has 0 aliphatic heterocycles. The molecule has 0 spiro atoms. The van der Waals surface area contributed by atoms with Crippen molar-refractivity contribution in [1.29, 1.82) is 0 Å². The zero-order valence-corrected chi connectivity index (χ0v) is 15.4. The first-order chi connectivity index (χ1) is 11.4. The number of para-hydroxylation sites is 1. The number of carbonyl (C=O) groups is 1. The summed E-state index contributed by atoms with van der Waals surface area (Å²) in [5.74, 6) is -0.706. The second-order valence-corrected chi connectivity index (χ2v) is 7.17. The lowest BCUT2D eigenvalue weighted by Crippen LogP contribution is -2.14. The van der Waals surface area contributed by atoms with Crippen molar-refractivity contribution in [3.8, 4) is 0 Å². The van der Waals surface area contributed by atoms with Gasteiger partial charge in [0, 0.05) is 22.6 Å². The number of carbonyl (C=O) groups excluding carboxylic acids is 1. The number of hydrogen-bond donors (Lipinski definition) is 0. The van der Waals surface area contributed by atoms with Crippen LogP contribution in [0.15, 0.2) is 45.9 Å². The quantitative estimate of drug-likeness (QED) is 0.452. The van der Waals surface area contributed by atoms with Crippen molar-refractivity contribution in [2.45, 2.75) is 0 Å². The van der Waals surface area contributed by atoms with E-state index in [0.29, 0.717) is 4.80 Å². The van der Waals surface area contributed by atoms with E-state index < -0.39 is 10.8 Å². The SMILES string of the molecule is Cn1c(=NC(=O)c2cc(Cl)ccc2[N+](=O)[O-])sc2cccc(Br)c21. The Balaban J connectivity index is 2.18. The third-order valence-corrected chi connectivity index (χ3v) is 5.33. The van der Waals surface area contributed by atoms with Gasteiger partial charge in [-0.05, 0) is 40.2 Å². The number of fused-ring (bicyclic) bond motifs is 1. The van der Waals surface area contributed by atoms with Crippen LogP contribution in [0.25, 0.3) is 10.2 Å². The van der Waals surface area contributed by atoms with E-state index in [1.807, 2.05) is 18.2 Å². The molecule has 0 saturated heterocycles. The Morgan fingerprint density at radius 3 is 2.79 bits per heavy atom. The Kier molecular flexibility index (Phi) is 4.53. The van der Waals surface area contributed by atoms with Crippen molar-refractivity contribution in [3.63, 3.8) is 0 Å². The Labute approximate surface area is 153 Å². The lowest BCUT2D eigenvalue weighted by molar-refractivity contribution is -0.385. The van der Waals surface area contributed by atoms with E-state index in [2.05, 4.69) is 20.9 Å². The number of benzene rings is 2. The highest BCUT2D eigenvalue weighted by molar-refractivity contribution is 9.10. The third-order valence-electron chi connectivity index (χ3n) is 3.36. The maximum absolute atomic E-state index is 12.5. The zero-order chi connectivity index (χ0) is 17.4. The molecule has 0 saturated carbocycles. The minimum Gasteiger partial charge on any atom is -0.318 e. The summed E-state index contributed by atoms with van der Waals surface area (Å²) in [5.41, 5.74) is 0.441. The van der Waals surface area contributed by atoms with Crippen molar-refractivity contribution < 1.29 is 9.72 Å². The Morgan fingerprint density at radius 1 is 1.38 bits per heavy atom. The molecule has 3 aromatic rings. The van der Waals surface area contributed by atoms with Gasteiger partial charge in [0.15, 0.2) is 4.80 Å². The molecule has 6 nitrogen and oxygen atoms in total. The smallest absolute Gasteiger partial charge is 0.286 e. The molecule has 3 rings (SSSR count). The molecule has 0 aliphatic rings. The van der Waals surface area contributed by atoms with Crippen molar-refractivity contribution in [2.75, 3.05) is 0 Å². The average Bonchev–Trinajstić information content (AvgIpc) is 2.84. The summed E-state index contributed by atoms with van der Waals surface area (Å²) in [5, 5.41) is 11.3. The van der Waals surface area contributed by atoms with Crippen LogP contribution in [0, 0.1) is 10.1 Å². The second kappa shape index (κ2) is 6.46. The molecule has 0 radical (unpaired) electrons. The van der Waals surface area contributed by atoms with Crippen molar-refractivity contribution >= 4 is 60.7 Å². The molecule has 122 valence electrons. The summed E-state index contributed by atoms with van der Waals surface area (Å²) in [6.45, 7) is 0. The fourth-order valence-electron chi connectivity index (χ4n) is 2.25. The normalized spacial score (nSPS) is 11.9. The molecule has 1 amide bonds. The number of aromatic nitrogens is 1. The van der Waals surface area contributed by atoms with Gasteiger partial charge in [0.1, 0.15) is 5.56 Å². The van der Waals surface area contributed by atoms with Crippen LogP contribution in [0.4, 0.5) is 5.69 Å². The molecule has 24 heavy (non-hydrogen) atoms. The van der Waals surface area contributed by atoms with E-state index in [-0.39, 0.29) is 16.3 Å². The summed E-state index contributed by atoms with van der Waals surface area (Å²) in [6, 6.07) is 9.52. The number of rotatable bonds is 2. The fraction of sp³-hybridized carbons (Fsp3) is 0.0667. The molecule has 0 bridgehead atoms. The zero-order valence-electron chi connectivity index (χ0n) is 12.2. The van der Waals surface area contributed by atoms with Gasteiger partial charge in [0.2, 0.25) is 0 Å². The van der Waals surface area contributed by atoms with Gasteiger partial charge in [0.25, 0.3) is 11.6 Å². The number of nitrogens with zero attached hydrogens (tertiary/aromatic N) is 3. The number of nitro groups is 1. The molecule has 1 heterocycles. The minimum absolute atomic E-state index is 0.135. The predicted octanol–water partition coefficient (Wildman–Crippen LogP) is 4.31. The summed E-state index contributed by atoms with van der Waals surface area (Å²) in [4.78, 5) is 27.4. The van der Waals surface area contributed by atoms with Gasteiger partial charge in [0.05, 0.1) is 15.1 Å². The molecule has 0 N–H and O–H groups in total. The largest absolute Gasteiger partial charge is 0.318 e. The highest BCUT2D eigenvalue weighted by Crippen LogP contribution is 2.26. The van der Waals surface area contributed by atoms with Crippen LogP contribution in [-0.2, 0) is 7.05 Å². The predicted molar refractivity (Wildman–Crippen MR) is 96.5 cm³/mol. The second-order valence-electron chi connectivity index (χ2n) is 4.87. The van der Waals surface area contributed by atoms with Crippen molar-refractivity contribution in [2.24, 2.45) is 12.0 Å². The molecular formula is C15H9BrClN3O3S. The van der Waals surface area contributed by atoms with Gasteiger partial charge in [-0.15, -0.1) is 0 Å². The molecular weight excluding hydrogens is 418 g/mol. The van der Waals surface area contributed by atoms with E-state index in [1.54, 1.807) is 11.6 Å². The van der Waals surface area contributed by atoms with Crippen molar-refractivity contribution in [3.05, 3.63) is 66.4 Å². The number of thiazole rings is 1. The Bertz CT molecular complexity index is 1060. The van der Waals surface area contributed by atoms with Crippen LogP contribution >= 0.6 is 38.9 Å². The molecule has 2 aromatic carbocycles. The summed E-state index contributed by atoms with van der Waals surface area (Å²) >= 11 is 10.6. The van der Waals surface area contributed by atoms with Crippen LogP contribution in [0.5, 0.6) is 0 Å². The van der Waals surface area contributed by atoms with E-state index in [0.717, 1.165) is 14.7 Å². The highest BCUT2D eigenvalue weighted by atomic mass is 79.9. The Hall–Kier alpha value is -2.03. The van der Waals surface area contributed by atoms with Crippen molar-refractivity contribution in [1.82, 2.24) is 4.57 Å². The molecule has 1 aromatic heterocycles. The lowest BCUT2D eigenvalue weighted by atomic mass is 10.2. The number of nitro benzene ring substituents is 1. The lowest BCUT2D eigenvalue weighted by Gasteiger charge is -2.00. The third kappa shape index (κ3) is 3.00. The van der Waals surface area contributed by atoms with Gasteiger partial charge >= 0.3 is 0 Å². The summed E-state index contributed by atoms with van der Waals surface area (Å²) in [6.07, 6.45) is 0. The van der Waals surface area contributed by atoms with Crippen LogP contribution in [0.1, 0.15) is 10.4 Å². The monoisotopic (exact) mass is 425 g/mol. The minimum atomic E-state index is -0.706. The van der Waals surface area contributed by atoms with E-state index in [1.165, 1.54) is 29.5 Å². The fourth-order valence-corrected chi connectivity index (χ4v) is 4.23. The van der Waals surface area contributed by atoms with Gasteiger partial charge in [-0.2, -0.15) is 4.99 Å². The van der Waals surface area contributed by atoms with Crippen LogP contribution < -0.4 is 4.80 Å². The van der Waals surface area contributed by atoms with Crippen LogP contribution in [0.2, 0.25) is 5.02 Å². The molecule has 0 aliphatic carbocycles. The number of hydrogen-bond acceptors (Lipinski definition) is 4. The molecule has 0 atom stereocenters. The first-order valence-electron chi connectivity index (χ1n) is 6.65. The summed E-state index contributed by atoms with van der Waals surface area (Å²) in [7, 11) is 1.78. The highest BCUT2D eigenvalue weighted by Gasteiger charge is 2.20. The first kappa shape index (κ1) is 16.8. The van der Waals surface area contributed by atoms with Crippen LogP contribution in [0.3, 0.4) is 0 Å². The molecule has 0 fully saturated rings. The van der Waals surface area contributed by atoms with Gasteiger partial charge in [-0.1, -0.05) is 29.0 Å². The molecule has 0 unspecified atom stereocenters. The Morgan fingerprint density at radius 2 is 2.12 bits per heavy atom. The average molecular weight is 427 g/mol. The van der Waals surface area contributed by atoms with Gasteiger partial charge in [-0.25, -0.2) is 0 Å². The topological polar surface area (TPSA) is 77.5 Å². The van der Waals surface area contributed by atoms with Crippen LogP contribution in [-0.4, -0.2) is 15.4 Å². The number of aryl methyl sites for hydroxylation is 1. The van der Waals surface area contributed by atoms with Gasteiger partial charge < -0.3 is 4.57 Å². The maximum atomic E-state index is 12.5. The molecule has 9 heteroatoms. The summed E-state index contributed by atoms with van der Waals surface area (Å²) < 4.78 is 3.58. The van der Waals surface area contributed by atoms with E-state index >= 15 is 0 Å². The number of amides is 1. The van der Waals surface area contributed by atoms with E-state index in [4.69, 9.17) is 11.6 Å².